The van der Waals surface area contributed by atoms with Crippen molar-refractivity contribution in [3.8, 4) is 0 Å². The average Bonchev–Trinajstić information content (AvgIpc) is 2.72. The molecule has 0 saturated heterocycles. The fourth-order valence-electron chi connectivity index (χ4n) is 2.67. The van der Waals surface area contributed by atoms with Gasteiger partial charge in [-0.2, -0.15) is 0 Å². The summed E-state index contributed by atoms with van der Waals surface area (Å²) < 4.78 is 5.12. The smallest absolute Gasteiger partial charge is 0.407 e. The molecule has 2 amide bonds. The lowest BCUT2D eigenvalue weighted by Gasteiger charge is -2.30. The largest absolute Gasteiger partial charge is 0.445 e. The third kappa shape index (κ3) is 6.75. The molecule has 0 fully saturated rings. The maximum Gasteiger partial charge on any atom is 0.407 e. The van der Waals surface area contributed by atoms with E-state index in [2.05, 4.69) is 5.32 Å². The number of rotatable bonds is 9. The van der Waals surface area contributed by atoms with Gasteiger partial charge in [-0.25, -0.2) is 4.79 Å². The van der Waals surface area contributed by atoms with E-state index >= 15 is 0 Å². The fraction of sp³-hybridized carbons (Fsp3) is 0.333. The van der Waals surface area contributed by atoms with Gasteiger partial charge in [0.1, 0.15) is 13.2 Å². The summed E-state index contributed by atoms with van der Waals surface area (Å²) in [5.41, 5.74) is 1.83. The number of carbonyl (C=O) groups excluding carboxylic acids is 2. The van der Waals surface area contributed by atoms with Crippen LogP contribution in [0.15, 0.2) is 60.7 Å². The first-order chi connectivity index (χ1) is 13.1. The maximum absolute atomic E-state index is 12.6. The van der Waals surface area contributed by atoms with Crippen LogP contribution in [0.25, 0.3) is 0 Å². The van der Waals surface area contributed by atoms with E-state index in [1.807, 2.05) is 67.6 Å². The molecule has 0 saturated carbocycles. The quantitative estimate of drug-likeness (QED) is 0.711. The fourth-order valence-corrected chi connectivity index (χ4v) is 2.67. The second-order valence-corrected chi connectivity index (χ2v) is 6.17. The highest BCUT2D eigenvalue weighted by atomic mass is 16.5. The lowest BCUT2D eigenvalue weighted by Crippen LogP contribution is -2.46. The van der Waals surface area contributed by atoms with Gasteiger partial charge in [-0.05, 0) is 17.5 Å². The molecule has 0 aliphatic heterocycles. The molecule has 0 bridgehead atoms. The average molecular weight is 370 g/mol. The molecule has 1 atom stereocenters. The number of carbonyl (C=O) groups is 2. The molecule has 0 spiro atoms. The predicted molar refractivity (Wildman–Crippen MR) is 103 cm³/mol. The molecule has 6 heteroatoms. The van der Waals surface area contributed by atoms with E-state index in [0.29, 0.717) is 13.0 Å². The Morgan fingerprint density at radius 3 is 2.19 bits per heavy atom. The van der Waals surface area contributed by atoms with Crippen LogP contribution in [0.5, 0.6) is 0 Å². The van der Waals surface area contributed by atoms with Crippen LogP contribution >= 0.6 is 0 Å². The molecule has 2 N–H and O–H groups in total. The molecule has 144 valence electrons. The Bertz CT molecular complexity index is 703. The Balaban J connectivity index is 1.89. The minimum absolute atomic E-state index is 0.131. The van der Waals surface area contributed by atoms with E-state index in [4.69, 9.17) is 4.74 Å². The van der Waals surface area contributed by atoms with Crippen LogP contribution in [0.1, 0.15) is 24.5 Å². The van der Waals surface area contributed by atoms with Crippen molar-refractivity contribution in [2.45, 2.75) is 32.5 Å². The summed E-state index contributed by atoms with van der Waals surface area (Å²) in [5.74, 6) is -0.267. The van der Waals surface area contributed by atoms with Crippen molar-refractivity contribution in [3.63, 3.8) is 0 Å². The number of amides is 2. The lowest BCUT2D eigenvalue weighted by molar-refractivity contribution is -0.134. The monoisotopic (exact) mass is 370 g/mol. The maximum atomic E-state index is 12.6. The number of nitrogens with zero attached hydrogens (tertiary/aromatic N) is 1. The molecule has 6 nitrogen and oxygen atoms in total. The van der Waals surface area contributed by atoms with Crippen molar-refractivity contribution in [1.82, 2.24) is 10.2 Å². The highest BCUT2D eigenvalue weighted by Gasteiger charge is 2.22. The van der Waals surface area contributed by atoms with Crippen LogP contribution in [0.4, 0.5) is 4.79 Å². The molecule has 2 aromatic carbocycles. The van der Waals surface area contributed by atoms with Gasteiger partial charge in [-0.1, -0.05) is 67.6 Å². The molecule has 27 heavy (non-hydrogen) atoms. The van der Waals surface area contributed by atoms with Crippen LogP contribution in [0, 0.1) is 0 Å². The van der Waals surface area contributed by atoms with Crippen LogP contribution in [0.2, 0.25) is 0 Å². The summed E-state index contributed by atoms with van der Waals surface area (Å²) in [7, 11) is 0. The van der Waals surface area contributed by atoms with E-state index in [0.717, 1.165) is 11.1 Å². The van der Waals surface area contributed by atoms with Gasteiger partial charge in [0.05, 0.1) is 12.6 Å². The second kappa shape index (κ2) is 11.0. The van der Waals surface area contributed by atoms with Crippen molar-refractivity contribution >= 4 is 12.0 Å². The molecule has 0 unspecified atom stereocenters. The number of ether oxygens (including phenoxy) is 1. The zero-order chi connectivity index (χ0) is 19.5. The highest BCUT2D eigenvalue weighted by molar-refractivity contribution is 5.82. The Hall–Kier alpha value is -2.86. The Kier molecular flexibility index (Phi) is 8.32. The Morgan fingerprint density at radius 1 is 1.04 bits per heavy atom. The molecule has 2 aromatic rings. The van der Waals surface area contributed by atoms with Gasteiger partial charge < -0.3 is 20.1 Å². The van der Waals surface area contributed by atoms with Crippen LogP contribution < -0.4 is 5.32 Å². The van der Waals surface area contributed by atoms with Crippen LogP contribution in [-0.4, -0.2) is 41.2 Å². The number of alkyl carbamates (subject to hydrolysis) is 1. The van der Waals surface area contributed by atoms with Gasteiger partial charge in [-0.3, -0.25) is 4.79 Å². The number of hydrogen-bond donors (Lipinski definition) is 2. The van der Waals surface area contributed by atoms with Crippen molar-refractivity contribution < 1.29 is 19.4 Å². The molecule has 0 aromatic heterocycles. The molecule has 0 aliphatic carbocycles. The van der Waals surface area contributed by atoms with E-state index in [9.17, 15) is 14.7 Å². The summed E-state index contributed by atoms with van der Waals surface area (Å²) in [6, 6.07) is 18.6. The predicted octanol–water partition coefficient (Wildman–Crippen LogP) is 2.71. The topological polar surface area (TPSA) is 78.9 Å². The number of hydrogen-bond acceptors (Lipinski definition) is 4. The molecular weight excluding hydrogens is 344 g/mol. The minimum atomic E-state index is -0.649. The van der Waals surface area contributed by atoms with E-state index in [-0.39, 0.29) is 31.7 Å². The molecule has 0 heterocycles. The molecule has 0 aliphatic rings. The van der Waals surface area contributed by atoms with Crippen LogP contribution in [-0.2, 0) is 22.7 Å². The van der Waals surface area contributed by atoms with Gasteiger partial charge >= 0.3 is 6.09 Å². The summed E-state index contributed by atoms with van der Waals surface area (Å²) >= 11 is 0. The minimum Gasteiger partial charge on any atom is -0.445 e. The highest BCUT2D eigenvalue weighted by Crippen LogP contribution is 2.11. The van der Waals surface area contributed by atoms with E-state index < -0.39 is 6.09 Å². The van der Waals surface area contributed by atoms with Gasteiger partial charge in [0.25, 0.3) is 0 Å². The molecular formula is C21H26N2O4. The Labute approximate surface area is 159 Å². The Morgan fingerprint density at radius 2 is 1.63 bits per heavy atom. The third-order valence-electron chi connectivity index (χ3n) is 4.24. The van der Waals surface area contributed by atoms with Crippen molar-refractivity contribution in [3.05, 3.63) is 71.8 Å². The van der Waals surface area contributed by atoms with Gasteiger partial charge in [0, 0.05) is 6.54 Å². The summed E-state index contributed by atoms with van der Waals surface area (Å²) in [6.45, 7) is 2.11. The third-order valence-corrected chi connectivity index (χ3v) is 4.24. The second-order valence-electron chi connectivity index (χ2n) is 6.17. The SMILES string of the molecule is CC[C@@H](CO)N(Cc1ccccc1)C(=O)CNC(=O)OCc1ccccc1. The van der Waals surface area contributed by atoms with Crippen molar-refractivity contribution in [2.24, 2.45) is 0 Å². The summed E-state index contributed by atoms with van der Waals surface area (Å²) in [5, 5.41) is 12.1. The summed E-state index contributed by atoms with van der Waals surface area (Å²) in [4.78, 5) is 26.1. The molecule has 2 rings (SSSR count). The van der Waals surface area contributed by atoms with Gasteiger partial charge in [0.15, 0.2) is 0 Å². The van der Waals surface area contributed by atoms with Gasteiger partial charge in [0.2, 0.25) is 5.91 Å². The first-order valence-electron chi connectivity index (χ1n) is 9.02. The molecule has 0 radical (unpaired) electrons. The van der Waals surface area contributed by atoms with Crippen LogP contribution in [0.3, 0.4) is 0 Å². The number of benzene rings is 2. The summed E-state index contributed by atoms with van der Waals surface area (Å²) in [6.07, 6.45) is -0.0306. The van der Waals surface area contributed by atoms with Gasteiger partial charge in [-0.15, -0.1) is 0 Å². The normalized spacial score (nSPS) is 11.5. The zero-order valence-corrected chi connectivity index (χ0v) is 15.5. The van der Waals surface area contributed by atoms with Crippen molar-refractivity contribution in [1.29, 1.82) is 0 Å². The first-order valence-corrected chi connectivity index (χ1v) is 9.02. The number of nitrogens with one attached hydrogen (secondary N) is 1. The standard InChI is InChI=1S/C21H26N2O4/c1-2-19(15-24)23(14-17-9-5-3-6-10-17)20(25)13-22-21(26)27-16-18-11-7-4-8-12-18/h3-12,19,24H,2,13-16H2,1H3,(H,22,26)/t19-/m0/s1. The first kappa shape index (κ1) is 20.5. The van der Waals surface area contributed by atoms with E-state index in [1.165, 1.54) is 0 Å². The van der Waals surface area contributed by atoms with E-state index in [1.54, 1.807) is 4.90 Å². The van der Waals surface area contributed by atoms with Crippen molar-refractivity contribution in [2.75, 3.05) is 13.2 Å². The lowest BCUT2D eigenvalue weighted by atomic mass is 10.1. The number of aliphatic hydroxyl groups is 1. The number of aliphatic hydroxyl groups excluding tert-OH is 1. The zero-order valence-electron chi connectivity index (χ0n) is 15.5.